The lowest BCUT2D eigenvalue weighted by Gasteiger charge is -2.34. The third-order valence-corrected chi connectivity index (χ3v) is 5.62. The van der Waals surface area contributed by atoms with E-state index >= 15 is 0 Å². The van der Waals surface area contributed by atoms with Crippen LogP contribution in [0.3, 0.4) is 0 Å². The molecular weight excluding hydrogens is 360 g/mol. The first-order valence-electron chi connectivity index (χ1n) is 10.6. The van der Waals surface area contributed by atoms with Gasteiger partial charge < -0.3 is 11.1 Å². The Morgan fingerprint density at radius 3 is 1.97 bits per heavy atom. The summed E-state index contributed by atoms with van der Waals surface area (Å²) in [6.45, 7) is 10.1. The highest BCUT2D eigenvalue weighted by atomic mass is 16.2. The first-order chi connectivity index (χ1) is 14.0. The number of hydrogen-bond donors (Lipinski definition) is 2. The predicted octanol–water partition coefficient (Wildman–Crippen LogP) is 3.46. The average molecular weight is 395 g/mol. The lowest BCUT2D eigenvalue weighted by Crippen LogP contribution is -2.48. The molecule has 1 fully saturated rings. The van der Waals surface area contributed by atoms with E-state index in [0.29, 0.717) is 6.42 Å². The van der Waals surface area contributed by atoms with Crippen molar-refractivity contribution >= 4 is 11.6 Å². The van der Waals surface area contributed by atoms with Crippen LogP contribution in [0.15, 0.2) is 54.6 Å². The molecule has 1 saturated heterocycles. The minimum Gasteiger partial charge on any atom is -0.325 e. The number of carbonyl (C=O) groups excluding carboxylic acids is 1. The molecule has 1 atom stereocenters. The maximum atomic E-state index is 12.3. The molecule has 2 aromatic rings. The van der Waals surface area contributed by atoms with Gasteiger partial charge in [-0.15, -0.1) is 0 Å². The van der Waals surface area contributed by atoms with Crippen molar-refractivity contribution in [3.63, 3.8) is 0 Å². The maximum absolute atomic E-state index is 12.3. The monoisotopic (exact) mass is 394 g/mol. The fourth-order valence-electron chi connectivity index (χ4n) is 3.81. The third kappa shape index (κ3) is 6.39. The lowest BCUT2D eigenvalue weighted by atomic mass is 9.96. The van der Waals surface area contributed by atoms with E-state index in [-0.39, 0.29) is 5.91 Å². The first kappa shape index (κ1) is 21.5. The van der Waals surface area contributed by atoms with Crippen molar-refractivity contribution in [1.29, 1.82) is 0 Å². The van der Waals surface area contributed by atoms with Gasteiger partial charge in [0.2, 0.25) is 5.91 Å². The Bertz CT molecular complexity index is 765. The van der Waals surface area contributed by atoms with Gasteiger partial charge in [-0.3, -0.25) is 14.6 Å². The molecule has 0 spiro atoms. The van der Waals surface area contributed by atoms with Crippen LogP contribution < -0.4 is 11.1 Å². The van der Waals surface area contributed by atoms with Crippen molar-refractivity contribution in [3.05, 3.63) is 65.7 Å². The van der Waals surface area contributed by atoms with Gasteiger partial charge >= 0.3 is 0 Å². The highest BCUT2D eigenvalue weighted by Crippen LogP contribution is 2.17. The van der Waals surface area contributed by atoms with E-state index in [1.807, 2.05) is 19.1 Å². The fraction of sp³-hybridized carbons (Fsp3) is 0.458. The standard InChI is InChI=1S/C24H34N4O/c1-3-13-24(2,25)23(29)26-22-11-9-21(10-12-22)19-28-16-14-27(15-17-28)18-20-7-5-4-6-8-20/h4-12H,3,13-19,25H2,1-2H3,(H,26,29). The molecule has 3 N–H and O–H groups in total. The molecule has 29 heavy (non-hydrogen) atoms. The molecule has 5 heteroatoms. The Morgan fingerprint density at radius 2 is 1.45 bits per heavy atom. The van der Waals surface area contributed by atoms with Gasteiger partial charge in [-0.05, 0) is 36.6 Å². The molecule has 0 aromatic heterocycles. The number of carbonyl (C=O) groups is 1. The molecule has 5 nitrogen and oxygen atoms in total. The third-order valence-electron chi connectivity index (χ3n) is 5.62. The summed E-state index contributed by atoms with van der Waals surface area (Å²) in [5, 5.41) is 2.94. The van der Waals surface area contributed by atoms with Gasteiger partial charge in [-0.25, -0.2) is 0 Å². The smallest absolute Gasteiger partial charge is 0.244 e. The number of nitrogens with one attached hydrogen (secondary N) is 1. The second-order valence-corrected chi connectivity index (χ2v) is 8.36. The minimum atomic E-state index is -0.827. The van der Waals surface area contributed by atoms with Gasteiger partial charge in [0.1, 0.15) is 0 Å². The van der Waals surface area contributed by atoms with E-state index in [1.165, 1.54) is 11.1 Å². The molecule has 156 valence electrons. The zero-order valence-electron chi connectivity index (χ0n) is 17.7. The SMILES string of the molecule is CCCC(C)(N)C(=O)Nc1ccc(CN2CCN(Cc3ccccc3)CC2)cc1. The number of anilines is 1. The summed E-state index contributed by atoms with van der Waals surface area (Å²) in [6, 6.07) is 18.8. The van der Waals surface area contributed by atoms with E-state index in [2.05, 4.69) is 57.6 Å². The van der Waals surface area contributed by atoms with E-state index in [0.717, 1.165) is 51.4 Å². The summed E-state index contributed by atoms with van der Waals surface area (Å²) >= 11 is 0. The molecule has 0 bridgehead atoms. The summed E-state index contributed by atoms with van der Waals surface area (Å²) in [5.74, 6) is -0.123. The normalized spacial score (nSPS) is 17.6. The molecule has 1 amide bonds. The Hall–Kier alpha value is -2.21. The minimum absolute atomic E-state index is 0.123. The van der Waals surface area contributed by atoms with Crippen molar-refractivity contribution in [3.8, 4) is 0 Å². The van der Waals surface area contributed by atoms with Crippen molar-refractivity contribution in [1.82, 2.24) is 9.80 Å². The van der Waals surface area contributed by atoms with Crippen LogP contribution in [0.1, 0.15) is 37.8 Å². The van der Waals surface area contributed by atoms with E-state index in [9.17, 15) is 4.79 Å². The highest BCUT2D eigenvalue weighted by molar-refractivity contribution is 5.97. The average Bonchev–Trinajstić information content (AvgIpc) is 2.71. The van der Waals surface area contributed by atoms with E-state index in [1.54, 1.807) is 6.92 Å². The molecule has 1 unspecified atom stereocenters. The van der Waals surface area contributed by atoms with Crippen LogP contribution >= 0.6 is 0 Å². The molecule has 1 heterocycles. The molecule has 1 aliphatic heterocycles. The number of hydrogen-bond acceptors (Lipinski definition) is 4. The van der Waals surface area contributed by atoms with Crippen LogP contribution in [-0.2, 0) is 17.9 Å². The molecule has 3 rings (SSSR count). The largest absolute Gasteiger partial charge is 0.325 e. The molecule has 2 aromatic carbocycles. The van der Waals surface area contributed by atoms with Crippen molar-refractivity contribution in [2.75, 3.05) is 31.5 Å². The van der Waals surface area contributed by atoms with Crippen LogP contribution in [0.4, 0.5) is 5.69 Å². The quantitative estimate of drug-likeness (QED) is 0.720. The molecule has 0 radical (unpaired) electrons. The number of piperazine rings is 1. The number of nitrogens with zero attached hydrogens (tertiary/aromatic N) is 2. The summed E-state index contributed by atoms with van der Waals surface area (Å²) in [7, 11) is 0. The van der Waals surface area contributed by atoms with Crippen molar-refractivity contribution in [2.45, 2.75) is 45.3 Å². The summed E-state index contributed by atoms with van der Waals surface area (Å²) in [5.41, 5.74) is 8.74. The van der Waals surface area contributed by atoms with Gasteiger partial charge in [-0.2, -0.15) is 0 Å². The fourth-order valence-corrected chi connectivity index (χ4v) is 3.81. The van der Waals surface area contributed by atoms with Gasteiger partial charge in [0.25, 0.3) is 0 Å². The molecule has 0 aliphatic carbocycles. The zero-order chi connectivity index (χ0) is 20.7. The Balaban J connectivity index is 1.45. The van der Waals surface area contributed by atoms with Gasteiger partial charge in [0.15, 0.2) is 0 Å². The summed E-state index contributed by atoms with van der Waals surface area (Å²) < 4.78 is 0. The molecular formula is C24H34N4O. The van der Waals surface area contributed by atoms with Crippen LogP contribution in [0, 0.1) is 0 Å². The number of amides is 1. The zero-order valence-corrected chi connectivity index (χ0v) is 17.7. The number of benzene rings is 2. The lowest BCUT2D eigenvalue weighted by molar-refractivity contribution is -0.120. The van der Waals surface area contributed by atoms with Crippen LogP contribution in [0.5, 0.6) is 0 Å². The molecule has 0 saturated carbocycles. The summed E-state index contributed by atoms with van der Waals surface area (Å²) in [6.07, 6.45) is 1.56. The van der Waals surface area contributed by atoms with E-state index in [4.69, 9.17) is 5.73 Å². The Morgan fingerprint density at radius 1 is 0.931 bits per heavy atom. The second-order valence-electron chi connectivity index (χ2n) is 8.36. The van der Waals surface area contributed by atoms with Gasteiger partial charge in [0, 0.05) is 45.0 Å². The van der Waals surface area contributed by atoms with Crippen LogP contribution in [0.2, 0.25) is 0 Å². The van der Waals surface area contributed by atoms with Crippen molar-refractivity contribution in [2.24, 2.45) is 5.73 Å². The van der Waals surface area contributed by atoms with Gasteiger partial charge in [-0.1, -0.05) is 55.8 Å². The van der Waals surface area contributed by atoms with Gasteiger partial charge in [0.05, 0.1) is 5.54 Å². The molecule has 1 aliphatic rings. The highest BCUT2D eigenvalue weighted by Gasteiger charge is 2.27. The maximum Gasteiger partial charge on any atom is 0.244 e. The summed E-state index contributed by atoms with van der Waals surface area (Å²) in [4.78, 5) is 17.4. The first-order valence-corrected chi connectivity index (χ1v) is 10.6. The number of nitrogens with two attached hydrogens (primary N) is 1. The van der Waals surface area contributed by atoms with Crippen molar-refractivity contribution < 1.29 is 4.79 Å². The number of rotatable bonds is 8. The second kappa shape index (κ2) is 10.0. The Labute approximate surface area is 174 Å². The van der Waals surface area contributed by atoms with E-state index < -0.39 is 5.54 Å². The Kier molecular flexibility index (Phi) is 7.42. The predicted molar refractivity (Wildman–Crippen MR) is 120 cm³/mol. The topological polar surface area (TPSA) is 61.6 Å². The van der Waals surface area contributed by atoms with Crippen LogP contribution in [0.25, 0.3) is 0 Å². The van der Waals surface area contributed by atoms with Crippen LogP contribution in [-0.4, -0.2) is 47.4 Å².